The van der Waals surface area contributed by atoms with E-state index in [2.05, 4.69) is 0 Å². The van der Waals surface area contributed by atoms with E-state index in [0.29, 0.717) is 17.1 Å². The number of nitrogens with one attached hydrogen (secondary N) is 1. The summed E-state index contributed by atoms with van der Waals surface area (Å²) in [6, 6.07) is -0.0648. The number of hydrogen-bond donors (Lipinski definition) is 4. The Hall–Kier alpha value is -1.03. The maximum Gasteiger partial charge on any atom is 0.0391 e. The smallest absolute Gasteiger partial charge is 0.0391 e. The minimum absolute atomic E-state index is 0. The molecular weight excluding hydrogens is 164 g/mol. The van der Waals surface area contributed by atoms with Crippen LogP contribution < -0.4 is 17.2 Å². The van der Waals surface area contributed by atoms with Gasteiger partial charge in [0.15, 0.2) is 0 Å². The first-order valence-corrected chi connectivity index (χ1v) is 3.78. The van der Waals surface area contributed by atoms with Crippen molar-refractivity contribution >= 4 is 5.71 Å². The normalized spacial score (nSPS) is 12.7. The second-order valence-electron chi connectivity index (χ2n) is 2.84. The van der Waals surface area contributed by atoms with Crippen LogP contribution in [0.4, 0.5) is 0 Å². The zero-order valence-corrected chi connectivity index (χ0v) is 8.31. The maximum atomic E-state index is 6.82. The Kier molecular flexibility index (Phi) is 12.5. The van der Waals surface area contributed by atoms with Crippen LogP contribution >= 0.6 is 0 Å². The molecule has 80 valence electrons. The topological polar surface area (TPSA) is 102 Å². The molecule has 0 aromatic carbocycles. The van der Waals surface area contributed by atoms with Crippen molar-refractivity contribution in [2.45, 2.75) is 41.2 Å². The highest BCUT2D eigenvalue weighted by Gasteiger charge is 1.90. The summed E-state index contributed by atoms with van der Waals surface area (Å²) < 4.78 is 0. The fourth-order valence-electron chi connectivity index (χ4n) is 0. The molecule has 0 saturated carbocycles. The van der Waals surface area contributed by atoms with Gasteiger partial charge in [0.25, 0.3) is 0 Å². The molecule has 1 unspecified atom stereocenters. The molecule has 0 radical (unpaired) electrons. The van der Waals surface area contributed by atoms with Crippen molar-refractivity contribution in [3.05, 3.63) is 11.4 Å². The molecule has 0 aliphatic rings. The van der Waals surface area contributed by atoms with Gasteiger partial charge in [-0.15, -0.1) is 0 Å². The molecule has 0 aromatic rings. The molecule has 0 aliphatic heterocycles. The molecule has 0 rings (SSSR count). The summed E-state index contributed by atoms with van der Waals surface area (Å²) in [6.07, 6.45) is 0. The average Bonchev–Trinajstić information content (AvgIpc) is 1.88. The molecule has 0 heterocycles. The van der Waals surface area contributed by atoms with Gasteiger partial charge in [0.1, 0.15) is 0 Å². The fraction of sp³-hybridized carbons (Fsp3) is 0.667. The predicted octanol–water partition coefficient (Wildman–Crippen LogP) is 1.16. The summed E-state index contributed by atoms with van der Waals surface area (Å²) in [4.78, 5) is 0. The van der Waals surface area contributed by atoms with Gasteiger partial charge in [-0.25, -0.2) is 0 Å². The lowest BCUT2D eigenvalue weighted by atomic mass is 10.2. The van der Waals surface area contributed by atoms with Crippen LogP contribution in [-0.2, 0) is 0 Å². The van der Waals surface area contributed by atoms with E-state index in [1.54, 1.807) is 27.7 Å². The second kappa shape index (κ2) is 9.06. The van der Waals surface area contributed by atoms with Crippen LogP contribution in [0.1, 0.15) is 35.1 Å². The van der Waals surface area contributed by atoms with Gasteiger partial charge in [-0.2, -0.15) is 0 Å². The highest BCUT2D eigenvalue weighted by Crippen LogP contribution is 1.82. The Morgan fingerprint density at radius 1 is 1.08 bits per heavy atom. The van der Waals surface area contributed by atoms with Crippen molar-refractivity contribution in [1.82, 2.24) is 0 Å². The van der Waals surface area contributed by atoms with Crippen molar-refractivity contribution in [3.8, 4) is 0 Å². The lowest BCUT2D eigenvalue weighted by Gasteiger charge is -1.96. The van der Waals surface area contributed by atoms with Crippen molar-refractivity contribution < 1.29 is 0 Å². The van der Waals surface area contributed by atoms with Gasteiger partial charge in [0.2, 0.25) is 0 Å². The summed E-state index contributed by atoms with van der Waals surface area (Å²) >= 11 is 0. The molecule has 4 nitrogen and oxygen atoms in total. The van der Waals surface area contributed by atoms with E-state index in [0.717, 1.165) is 0 Å². The van der Waals surface area contributed by atoms with Crippen LogP contribution in [-0.4, -0.2) is 11.8 Å². The third-order valence-electron chi connectivity index (χ3n) is 1.31. The lowest BCUT2D eigenvalue weighted by Crippen LogP contribution is -2.22. The van der Waals surface area contributed by atoms with E-state index in [-0.39, 0.29) is 13.5 Å². The third-order valence-corrected chi connectivity index (χ3v) is 1.31. The first-order valence-electron chi connectivity index (χ1n) is 3.78. The first kappa shape index (κ1) is 17.9. The second-order valence-corrected chi connectivity index (χ2v) is 2.84. The molecule has 1 atom stereocenters. The van der Waals surface area contributed by atoms with Gasteiger partial charge in [-0.3, -0.25) is 0 Å². The zero-order chi connectivity index (χ0) is 10.3. The molecular formula is C9H24N4. The number of hydrogen-bond acceptors (Lipinski definition) is 4. The van der Waals surface area contributed by atoms with Crippen molar-refractivity contribution in [2.75, 3.05) is 0 Å². The molecule has 0 saturated heterocycles. The summed E-state index contributed by atoms with van der Waals surface area (Å²) in [5.74, 6) is 0. The van der Waals surface area contributed by atoms with E-state index in [1.165, 1.54) is 0 Å². The summed E-state index contributed by atoms with van der Waals surface area (Å²) in [6.45, 7) is 7.04. The number of allylic oxidation sites excluding steroid dienone is 2. The Balaban J connectivity index is -0.000000143. The van der Waals surface area contributed by atoms with E-state index < -0.39 is 0 Å². The van der Waals surface area contributed by atoms with Gasteiger partial charge in [0, 0.05) is 23.1 Å². The largest absolute Gasteiger partial charge is 0.401 e. The SMILES string of the molecule is C.C/C(N)=C(\C)N.CC(=N)C(C)N. The lowest BCUT2D eigenvalue weighted by molar-refractivity contribution is 0.958. The molecule has 0 bridgehead atoms. The van der Waals surface area contributed by atoms with Gasteiger partial charge in [-0.05, 0) is 27.7 Å². The molecule has 0 aromatic heterocycles. The van der Waals surface area contributed by atoms with E-state index in [4.69, 9.17) is 22.6 Å². The Morgan fingerprint density at radius 3 is 1.23 bits per heavy atom. The first-order chi connectivity index (χ1) is 5.29. The zero-order valence-electron chi connectivity index (χ0n) is 8.31. The minimum atomic E-state index is -0.0648. The van der Waals surface area contributed by atoms with Crippen molar-refractivity contribution in [2.24, 2.45) is 17.2 Å². The minimum Gasteiger partial charge on any atom is -0.401 e. The molecule has 7 N–H and O–H groups in total. The fourth-order valence-corrected chi connectivity index (χ4v) is 0. The van der Waals surface area contributed by atoms with E-state index in [9.17, 15) is 0 Å². The standard InChI is InChI=1S/2C4H10N2.CH4/c2*1-3(5)4(2)6;/h5-6H2,1-2H3;3,6H,5H2,1-2H3;1H4/b4-3-;;. The molecule has 4 heteroatoms. The van der Waals surface area contributed by atoms with Crippen LogP contribution in [0, 0.1) is 5.41 Å². The van der Waals surface area contributed by atoms with Crippen molar-refractivity contribution in [1.29, 1.82) is 5.41 Å². The van der Waals surface area contributed by atoms with Gasteiger partial charge in [-0.1, -0.05) is 7.43 Å². The molecule has 0 aliphatic carbocycles. The molecule has 0 spiro atoms. The maximum absolute atomic E-state index is 6.82. The van der Waals surface area contributed by atoms with Gasteiger partial charge < -0.3 is 22.6 Å². The number of rotatable bonds is 1. The average molecular weight is 188 g/mol. The highest BCUT2D eigenvalue weighted by molar-refractivity contribution is 5.83. The Bertz CT molecular complexity index is 152. The molecule has 0 fully saturated rings. The highest BCUT2D eigenvalue weighted by atomic mass is 14.7. The van der Waals surface area contributed by atoms with Crippen LogP contribution in [0.3, 0.4) is 0 Å². The van der Waals surface area contributed by atoms with E-state index >= 15 is 0 Å². The summed E-state index contributed by atoms with van der Waals surface area (Å²) in [5, 5.41) is 6.82. The molecule has 13 heavy (non-hydrogen) atoms. The third kappa shape index (κ3) is 18.2. The van der Waals surface area contributed by atoms with Crippen LogP contribution in [0.25, 0.3) is 0 Å². The van der Waals surface area contributed by atoms with Crippen LogP contribution in [0.2, 0.25) is 0 Å². The van der Waals surface area contributed by atoms with Crippen LogP contribution in [0.5, 0.6) is 0 Å². The van der Waals surface area contributed by atoms with E-state index in [1.807, 2.05) is 0 Å². The van der Waals surface area contributed by atoms with Crippen molar-refractivity contribution in [3.63, 3.8) is 0 Å². The Morgan fingerprint density at radius 2 is 1.23 bits per heavy atom. The van der Waals surface area contributed by atoms with Crippen LogP contribution in [0.15, 0.2) is 11.4 Å². The Labute approximate surface area is 81.7 Å². The predicted molar refractivity (Wildman–Crippen MR) is 60.5 cm³/mol. The number of nitrogens with two attached hydrogens (primary N) is 3. The quantitative estimate of drug-likeness (QED) is 0.464. The van der Waals surface area contributed by atoms with Gasteiger partial charge in [0.05, 0.1) is 0 Å². The summed E-state index contributed by atoms with van der Waals surface area (Å²) in [5.41, 5.74) is 17.5. The molecule has 0 amide bonds. The summed E-state index contributed by atoms with van der Waals surface area (Å²) in [7, 11) is 0. The monoisotopic (exact) mass is 188 g/mol. The van der Waals surface area contributed by atoms with Gasteiger partial charge >= 0.3 is 0 Å².